The molecular formula is C30H14F6N8. The van der Waals surface area contributed by atoms with Crippen LogP contribution in [0.4, 0.5) is 26.3 Å². The van der Waals surface area contributed by atoms with Gasteiger partial charge in [-0.1, -0.05) is 0 Å². The van der Waals surface area contributed by atoms with Gasteiger partial charge < -0.3 is 0 Å². The second-order valence-electron chi connectivity index (χ2n) is 9.56. The molecule has 0 radical (unpaired) electrons. The van der Waals surface area contributed by atoms with E-state index in [1.54, 1.807) is 6.07 Å². The van der Waals surface area contributed by atoms with Crippen LogP contribution in [0.5, 0.6) is 0 Å². The molecule has 0 fully saturated rings. The predicted molar refractivity (Wildman–Crippen MR) is 142 cm³/mol. The lowest BCUT2D eigenvalue weighted by Gasteiger charge is -2.13. The lowest BCUT2D eigenvalue weighted by molar-refractivity contribution is -0.138. The highest BCUT2D eigenvalue weighted by Gasteiger charge is 2.33. The zero-order chi connectivity index (χ0) is 32.0. The van der Waals surface area contributed by atoms with Gasteiger partial charge in [-0.3, -0.25) is 0 Å². The highest BCUT2D eigenvalue weighted by atomic mass is 19.4. The summed E-state index contributed by atoms with van der Waals surface area (Å²) in [5.41, 5.74) is -2.28. The second-order valence-corrected chi connectivity index (χ2v) is 9.56. The number of benzene rings is 3. The van der Waals surface area contributed by atoms with E-state index in [1.165, 1.54) is 38.1 Å². The maximum atomic E-state index is 13.7. The molecule has 1 aliphatic heterocycles. The van der Waals surface area contributed by atoms with Gasteiger partial charge in [0.1, 0.15) is 11.4 Å². The summed E-state index contributed by atoms with van der Waals surface area (Å²) in [5, 5.41) is 19.4. The summed E-state index contributed by atoms with van der Waals surface area (Å²) in [6.07, 6.45) is -9.43. The summed E-state index contributed by atoms with van der Waals surface area (Å²) in [7, 11) is 0. The van der Waals surface area contributed by atoms with Crippen LogP contribution in [0, 0.1) is 43.1 Å². The molecule has 4 aromatic rings. The fraction of sp³-hybridized carbons (Fsp3) is 0.133. The van der Waals surface area contributed by atoms with Gasteiger partial charge in [0, 0.05) is 16.7 Å². The van der Waals surface area contributed by atoms with Gasteiger partial charge in [0.25, 0.3) is 0 Å². The van der Waals surface area contributed by atoms with Crippen molar-refractivity contribution in [1.29, 1.82) is 10.5 Å². The van der Waals surface area contributed by atoms with Crippen LogP contribution in [0.15, 0.2) is 70.0 Å². The summed E-state index contributed by atoms with van der Waals surface area (Å²) in [6, 6.07) is 12.6. The van der Waals surface area contributed by atoms with Gasteiger partial charge in [-0.15, -0.1) is 0 Å². The van der Waals surface area contributed by atoms with Crippen LogP contribution in [0.2, 0.25) is 0 Å². The first-order chi connectivity index (χ1) is 20.7. The van der Waals surface area contributed by atoms with Crippen molar-refractivity contribution in [1.82, 2.24) is 15.0 Å². The Balaban J connectivity index is 1.83. The Morgan fingerprint density at radius 2 is 1.27 bits per heavy atom. The van der Waals surface area contributed by atoms with E-state index in [0.29, 0.717) is 0 Å². The quantitative estimate of drug-likeness (QED) is 0.156. The minimum atomic E-state index is -4.71. The molecular weight excluding hydrogens is 586 g/mol. The molecule has 1 aromatic heterocycles. The van der Waals surface area contributed by atoms with Crippen molar-refractivity contribution in [3.8, 4) is 46.3 Å². The monoisotopic (exact) mass is 600 g/mol. The predicted octanol–water partition coefficient (Wildman–Crippen LogP) is 6.26. The van der Waals surface area contributed by atoms with E-state index >= 15 is 0 Å². The molecule has 0 atom stereocenters. The van der Waals surface area contributed by atoms with E-state index in [1.807, 2.05) is 6.07 Å². The summed E-state index contributed by atoms with van der Waals surface area (Å²) in [4.78, 5) is 24.2. The molecule has 44 heavy (non-hydrogen) atoms. The lowest BCUT2D eigenvalue weighted by Crippen LogP contribution is -2.25. The Hall–Kier alpha value is -5.94. The van der Waals surface area contributed by atoms with E-state index in [-0.39, 0.29) is 67.4 Å². The molecule has 0 saturated heterocycles. The van der Waals surface area contributed by atoms with Crippen molar-refractivity contribution in [2.24, 2.45) is 9.98 Å². The Bertz CT molecular complexity index is 2060. The standard InChI is InChI=1S/C30H14F6N8/c1-14-6-16(10-18(8-14)29(31,32)33)25-42-26(17-7-15(2)9-19(11-17)30(34,35)36)44-27(43-25)20-4-5-22-24(21(20)12-37)41-28(40-22)23(13-38)39-3/h4-11H,1-2H3/b28-23+. The number of rotatable bonds is 3. The number of hydrogen-bond acceptors (Lipinski definition) is 7. The topological polar surface area (TPSA) is 115 Å². The van der Waals surface area contributed by atoms with Crippen LogP contribution >= 0.6 is 0 Å². The van der Waals surface area contributed by atoms with E-state index in [2.05, 4.69) is 29.8 Å². The fourth-order valence-corrected chi connectivity index (χ4v) is 4.47. The molecule has 2 heterocycles. The molecule has 0 spiro atoms. The molecule has 5 rings (SSSR count). The van der Waals surface area contributed by atoms with E-state index in [4.69, 9.17) is 6.57 Å². The Morgan fingerprint density at radius 1 is 0.750 bits per heavy atom. The van der Waals surface area contributed by atoms with Gasteiger partial charge >= 0.3 is 18.0 Å². The van der Waals surface area contributed by atoms with Crippen LogP contribution in [0.3, 0.4) is 0 Å². The van der Waals surface area contributed by atoms with E-state index in [9.17, 15) is 36.9 Å². The number of halogens is 6. The summed E-state index contributed by atoms with van der Waals surface area (Å²) in [5.74, 6) is -1.05. The average molecular weight is 600 g/mol. The van der Waals surface area contributed by atoms with Gasteiger partial charge in [-0.25, -0.2) is 35.0 Å². The maximum Gasteiger partial charge on any atom is 0.416 e. The molecule has 0 aliphatic carbocycles. The molecule has 0 amide bonds. The molecule has 0 unspecified atom stereocenters. The fourth-order valence-electron chi connectivity index (χ4n) is 4.47. The Kier molecular flexibility index (Phi) is 7.20. The highest BCUT2D eigenvalue weighted by molar-refractivity contribution is 5.71. The average Bonchev–Trinajstić information content (AvgIpc) is 3.39. The van der Waals surface area contributed by atoms with Gasteiger partial charge in [-0.05, 0) is 73.5 Å². The second kappa shape index (κ2) is 10.7. The van der Waals surface area contributed by atoms with Gasteiger partial charge in [0.05, 0.1) is 34.7 Å². The molecule has 1 aliphatic rings. The first-order valence-electron chi connectivity index (χ1n) is 12.4. The first-order valence-corrected chi connectivity index (χ1v) is 12.4. The van der Waals surface area contributed by atoms with Crippen molar-refractivity contribution >= 4 is 0 Å². The Morgan fingerprint density at radius 3 is 1.73 bits per heavy atom. The largest absolute Gasteiger partial charge is 0.416 e. The van der Waals surface area contributed by atoms with Gasteiger partial charge in [0.15, 0.2) is 23.3 Å². The molecule has 0 bridgehead atoms. The number of aryl methyl sites for hydroxylation is 2. The zero-order valence-corrected chi connectivity index (χ0v) is 22.5. The van der Waals surface area contributed by atoms with Crippen molar-refractivity contribution in [2.45, 2.75) is 26.2 Å². The molecule has 216 valence electrons. The number of fused-ring (bicyclic) bond motifs is 1. The highest BCUT2D eigenvalue weighted by Crippen LogP contribution is 2.35. The smallest absolute Gasteiger partial charge is 0.238 e. The first kappa shape index (κ1) is 29.5. The summed E-state index contributed by atoms with van der Waals surface area (Å²) < 4.78 is 82.0. The number of hydrogen-bond donors (Lipinski definition) is 0. The van der Waals surface area contributed by atoms with Crippen LogP contribution in [0.1, 0.15) is 27.8 Å². The zero-order valence-electron chi connectivity index (χ0n) is 22.5. The van der Waals surface area contributed by atoms with Gasteiger partial charge in [0.2, 0.25) is 0 Å². The number of aromatic nitrogens is 3. The van der Waals surface area contributed by atoms with Crippen molar-refractivity contribution < 1.29 is 26.3 Å². The number of allylic oxidation sites excluding steroid dienone is 1. The third-order valence-corrected chi connectivity index (χ3v) is 6.34. The van der Waals surface area contributed by atoms with Crippen molar-refractivity contribution in [3.05, 3.63) is 110 Å². The SMILES string of the molecule is [C-]#[N+]/C(C#N)=C1\N=c2ccc(-c3nc(-c4cc(C)cc(C(F)(F)F)c4)nc(-c4cc(C)cc(C(F)(F)F)c4)n3)c(C#N)c2=N1. The third-order valence-electron chi connectivity index (χ3n) is 6.34. The van der Waals surface area contributed by atoms with E-state index < -0.39 is 29.2 Å². The maximum absolute atomic E-state index is 13.7. The van der Waals surface area contributed by atoms with Crippen molar-refractivity contribution in [3.63, 3.8) is 0 Å². The number of nitrogens with zero attached hydrogens (tertiary/aromatic N) is 8. The van der Waals surface area contributed by atoms with Crippen LogP contribution in [-0.4, -0.2) is 15.0 Å². The lowest BCUT2D eigenvalue weighted by atomic mass is 10.0. The third kappa shape index (κ3) is 5.59. The summed E-state index contributed by atoms with van der Waals surface area (Å²) >= 11 is 0. The summed E-state index contributed by atoms with van der Waals surface area (Å²) in [6.45, 7) is 10.0. The van der Waals surface area contributed by atoms with Crippen LogP contribution in [0.25, 0.3) is 39.0 Å². The minimum absolute atomic E-state index is 0.00950. The van der Waals surface area contributed by atoms with Gasteiger partial charge in [-0.2, -0.15) is 31.6 Å². The number of nitriles is 2. The number of alkyl halides is 6. The minimum Gasteiger partial charge on any atom is -0.238 e. The van der Waals surface area contributed by atoms with Crippen molar-refractivity contribution in [2.75, 3.05) is 0 Å². The van der Waals surface area contributed by atoms with Crippen LogP contribution in [-0.2, 0) is 12.4 Å². The molecule has 0 N–H and O–H groups in total. The van der Waals surface area contributed by atoms with E-state index in [0.717, 1.165) is 24.3 Å². The molecule has 8 nitrogen and oxygen atoms in total. The molecule has 3 aromatic carbocycles. The normalized spacial score (nSPS) is 13.6. The Labute approximate surface area is 244 Å². The molecule has 0 saturated carbocycles. The molecule has 14 heteroatoms. The van der Waals surface area contributed by atoms with Crippen LogP contribution < -0.4 is 10.7 Å².